The van der Waals surface area contributed by atoms with Gasteiger partial charge in [0.1, 0.15) is 6.23 Å². The van der Waals surface area contributed by atoms with Gasteiger partial charge in [0.2, 0.25) is 0 Å². The third-order valence-electron chi connectivity index (χ3n) is 2.84. The number of aromatic amines is 1. The Kier molecular flexibility index (Phi) is 3.69. The van der Waals surface area contributed by atoms with Crippen molar-refractivity contribution >= 4 is 22.6 Å². The minimum absolute atomic E-state index is 0.253. The third-order valence-corrected chi connectivity index (χ3v) is 3.61. The first-order valence-corrected chi connectivity index (χ1v) is 6.45. The summed E-state index contributed by atoms with van der Waals surface area (Å²) in [6.45, 7) is 1.91. The Morgan fingerprint density at radius 2 is 2.35 bits per heavy atom. The fourth-order valence-electron chi connectivity index (χ4n) is 1.93. The number of H-pyrrole nitrogens is 1. The molecule has 0 radical (unpaired) electrons. The van der Waals surface area contributed by atoms with Crippen LogP contribution in [-0.2, 0) is 4.74 Å². The van der Waals surface area contributed by atoms with E-state index in [2.05, 4.69) is 4.98 Å². The Bertz CT molecular complexity index is 524. The van der Waals surface area contributed by atoms with Gasteiger partial charge in [0.15, 0.2) is 0 Å². The highest BCUT2D eigenvalue weighted by atomic mass is 127. The molecule has 2 heterocycles. The van der Waals surface area contributed by atoms with Gasteiger partial charge < -0.3 is 9.84 Å². The molecule has 0 saturated carbocycles. The molecule has 17 heavy (non-hydrogen) atoms. The molecule has 0 spiro atoms. The van der Waals surface area contributed by atoms with Gasteiger partial charge in [0.05, 0.1) is 15.8 Å². The summed E-state index contributed by atoms with van der Waals surface area (Å²) in [6.07, 6.45) is 1.18. The lowest BCUT2D eigenvalue weighted by Gasteiger charge is -2.14. The van der Waals surface area contributed by atoms with E-state index in [-0.39, 0.29) is 6.10 Å². The number of halogens is 1. The summed E-state index contributed by atoms with van der Waals surface area (Å²) in [5.41, 5.74) is -0.915. The van der Waals surface area contributed by atoms with Gasteiger partial charge in [0, 0.05) is 12.6 Å². The van der Waals surface area contributed by atoms with E-state index in [1.54, 1.807) is 0 Å². The second-order valence-corrected chi connectivity index (χ2v) is 5.15. The number of nitrogens with zero attached hydrogens (tertiary/aromatic N) is 1. The van der Waals surface area contributed by atoms with Gasteiger partial charge >= 0.3 is 5.69 Å². The molecule has 1 aliphatic heterocycles. The average molecular weight is 352 g/mol. The molecular formula is C10H13IN2O4. The molecule has 2 N–H and O–H groups in total. The fraction of sp³-hybridized carbons (Fsp3) is 0.600. The largest absolute Gasteiger partial charge is 0.390 e. The normalized spacial score (nSPS) is 28.5. The molecule has 1 aromatic heterocycles. The number of hydrogen-bond donors (Lipinski definition) is 2. The van der Waals surface area contributed by atoms with Crippen molar-refractivity contribution in [2.45, 2.75) is 38.2 Å². The number of ether oxygens (including phenoxy) is 1. The first kappa shape index (κ1) is 12.8. The zero-order valence-corrected chi connectivity index (χ0v) is 11.4. The van der Waals surface area contributed by atoms with E-state index in [0.717, 1.165) is 0 Å². The van der Waals surface area contributed by atoms with E-state index in [1.165, 1.54) is 10.8 Å². The summed E-state index contributed by atoms with van der Waals surface area (Å²) in [5, 5.41) is 9.72. The van der Waals surface area contributed by atoms with Gasteiger partial charge in [0.25, 0.3) is 5.56 Å². The molecule has 0 bridgehead atoms. The first-order valence-electron chi connectivity index (χ1n) is 5.37. The molecule has 0 aromatic carbocycles. The Balaban J connectivity index is 2.34. The van der Waals surface area contributed by atoms with Gasteiger partial charge in [-0.1, -0.05) is 6.92 Å². The zero-order chi connectivity index (χ0) is 12.6. The van der Waals surface area contributed by atoms with Crippen molar-refractivity contribution in [3.63, 3.8) is 0 Å². The molecule has 7 heteroatoms. The maximum atomic E-state index is 11.6. The number of aliphatic hydroxyl groups excluding tert-OH is 1. The minimum atomic E-state index is -0.568. The highest BCUT2D eigenvalue weighted by Gasteiger charge is 2.34. The number of rotatable bonds is 2. The second kappa shape index (κ2) is 4.91. The summed E-state index contributed by atoms with van der Waals surface area (Å²) in [7, 11) is 0. The first-order chi connectivity index (χ1) is 8.02. The van der Waals surface area contributed by atoms with Crippen LogP contribution in [0.2, 0.25) is 0 Å². The van der Waals surface area contributed by atoms with E-state index >= 15 is 0 Å². The molecule has 6 nitrogen and oxygen atoms in total. The van der Waals surface area contributed by atoms with Crippen molar-refractivity contribution in [2.24, 2.45) is 0 Å². The van der Waals surface area contributed by atoms with Crippen LogP contribution in [0.1, 0.15) is 26.0 Å². The highest BCUT2D eigenvalue weighted by molar-refractivity contribution is 14.1. The topological polar surface area (TPSA) is 84.3 Å². The lowest BCUT2D eigenvalue weighted by Crippen LogP contribution is -2.33. The molecular weight excluding hydrogens is 339 g/mol. The van der Waals surface area contributed by atoms with Crippen LogP contribution in [0.4, 0.5) is 0 Å². The maximum absolute atomic E-state index is 11.6. The van der Waals surface area contributed by atoms with Crippen molar-refractivity contribution in [2.75, 3.05) is 0 Å². The monoisotopic (exact) mass is 352 g/mol. The number of hydrogen-bond acceptors (Lipinski definition) is 4. The van der Waals surface area contributed by atoms with Gasteiger partial charge in [-0.05, 0) is 29.0 Å². The fourth-order valence-corrected chi connectivity index (χ4v) is 2.36. The number of nitrogens with one attached hydrogen (secondary N) is 1. The Morgan fingerprint density at radius 1 is 1.65 bits per heavy atom. The van der Waals surface area contributed by atoms with Crippen LogP contribution in [0.25, 0.3) is 0 Å². The van der Waals surface area contributed by atoms with Gasteiger partial charge in [-0.2, -0.15) is 0 Å². The maximum Gasteiger partial charge on any atom is 0.330 e. The SMILES string of the molecule is CCC1OC(n2cc(I)c(=O)[nH]c2=O)CC1O. The minimum Gasteiger partial charge on any atom is -0.390 e. The molecule has 94 valence electrons. The predicted octanol–water partition coefficient (Wildman–Crippen LogP) is 0.200. The molecule has 3 unspecified atom stereocenters. The molecule has 2 rings (SSSR count). The van der Waals surface area contributed by atoms with E-state index in [1.807, 2.05) is 29.5 Å². The Morgan fingerprint density at radius 3 is 2.94 bits per heavy atom. The van der Waals surface area contributed by atoms with Crippen LogP contribution in [-0.4, -0.2) is 26.9 Å². The van der Waals surface area contributed by atoms with Crippen molar-refractivity contribution in [3.05, 3.63) is 30.6 Å². The van der Waals surface area contributed by atoms with Crippen LogP contribution in [0, 0.1) is 3.57 Å². The number of aliphatic hydroxyl groups is 1. The average Bonchev–Trinajstić information content (AvgIpc) is 2.65. The summed E-state index contributed by atoms with van der Waals surface area (Å²) in [5.74, 6) is 0. The smallest absolute Gasteiger partial charge is 0.330 e. The summed E-state index contributed by atoms with van der Waals surface area (Å²) >= 11 is 1.85. The quantitative estimate of drug-likeness (QED) is 0.745. The van der Waals surface area contributed by atoms with E-state index in [9.17, 15) is 14.7 Å². The van der Waals surface area contributed by atoms with Crippen LogP contribution < -0.4 is 11.2 Å². The zero-order valence-electron chi connectivity index (χ0n) is 9.22. The summed E-state index contributed by atoms with van der Waals surface area (Å²) in [6, 6.07) is 0. The molecule has 0 amide bonds. The second-order valence-electron chi connectivity index (χ2n) is 3.98. The van der Waals surface area contributed by atoms with Gasteiger partial charge in [-0.15, -0.1) is 0 Å². The molecule has 3 atom stereocenters. The van der Waals surface area contributed by atoms with Crippen LogP contribution >= 0.6 is 22.6 Å². The van der Waals surface area contributed by atoms with E-state index in [4.69, 9.17) is 4.74 Å². The van der Waals surface area contributed by atoms with Crippen molar-refractivity contribution in [1.82, 2.24) is 9.55 Å². The summed E-state index contributed by atoms with van der Waals surface area (Å²) < 4.78 is 7.31. The molecule has 1 fully saturated rings. The van der Waals surface area contributed by atoms with Crippen molar-refractivity contribution in [1.29, 1.82) is 0 Å². The molecule has 0 aliphatic carbocycles. The predicted molar refractivity (Wildman–Crippen MR) is 68.9 cm³/mol. The summed E-state index contributed by atoms with van der Waals surface area (Å²) in [4.78, 5) is 25.1. The molecule has 1 aromatic rings. The lowest BCUT2D eigenvalue weighted by molar-refractivity contribution is -0.0218. The molecule has 1 aliphatic rings. The van der Waals surface area contributed by atoms with E-state index < -0.39 is 23.6 Å². The van der Waals surface area contributed by atoms with Crippen LogP contribution in [0.3, 0.4) is 0 Å². The van der Waals surface area contributed by atoms with Crippen molar-refractivity contribution in [3.8, 4) is 0 Å². The van der Waals surface area contributed by atoms with E-state index in [0.29, 0.717) is 16.4 Å². The molecule has 1 saturated heterocycles. The third kappa shape index (κ3) is 2.45. The number of aromatic nitrogens is 2. The Hall–Kier alpha value is -0.670. The van der Waals surface area contributed by atoms with Gasteiger partial charge in [-0.3, -0.25) is 14.3 Å². The van der Waals surface area contributed by atoms with Crippen LogP contribution in [0.15, 0.2) is 15.8 Å². The Labute approximate surface area is 111 Å². The van der Waals surface area contributed by atoms with Crippen LogP contribution in [0.5, 0.6) is 0 Å². The van der Waals surface area contributed by atoms with Crippen molar-refractivity contribution < 1.29 is 9.84 Å². The lowest BCUT2D eigenvalue weighted by atomic mass is 10.1. The standard InChI is InChI=1S/C10H13IN2O4/c1-2-7-6(14)3-8(17-7)13-4-5(11)9(15)12-10(13)16/h4,6-8,14H,2-3H2,1H3,(H,12,15,16). The highest BCUT2D eigenvalue weighted by Crippen LogP contribution is 2.29. The van der Waals surface area contributed by atoms with Gasteiger partial charge in [-0.25, -0.2) is 4.79 Å².